The van der Waals surface area contributed by atoms with Crippen LogP contribution in [0.15, 0.2) is 24.3 Å². The van der Waals surface area contributed by atoms with Crippen LogP contribution >= 0.6 is 0 Å². The van der Waals surface area contributed by atoms with Gasteiger partial charge in [-0.2, -0.15) is 0 Å². The number of hydrogen-bond donors (Lipinski definition) is 2. The SMILES string of the molecule is CCOC(=O)c1c(C)[nH]c(C(=O)C(=O)N2CCC(O)CC2)c1-c1ccc(C)cc1. The largest absolute Gasteiger partial charge is 0.462 e. The Hall–Kier alpha value is -2.93. The highest BCUT2D eigenvalue weighted by Crippen LogP contribution is 2.32. The molecule has 1 amide bonds. The monoisotopic (exact) mass is 398 g/mol. The van der Waals surface area contributed by atoms with Crippen LogP contribution in [0.3, 0.4) is 0 Å². The van der Waals surface area contributed by atoms with Crippen LogP contribution in [0.4, 0.5) is 0 Å². The van der Waals surface area contributed by atoms with Crippen molar-refractivity contribution in [3.05, 3.63) is 46.8 Å². The van der Waals surface area contributed by atoms with Gasteiger partial charge in [-0.3, -0.25) is 9.59 Å². The molecule has 0 aliphatic carbocycles. The first kappa shape index (κ1) is 20.8. The summed E-state index contributed by atoms with van der Waals surface area (Å²) < 4.78 is 5.18. The molecule has 7 heteroatoms. The summed E-state index contributed by atoms with van der Waals surface area (Å²) in [6.45, 7) is 6.20. The van der Waals surface area contributed by atoms with Crippen molar-refractivity contribution in [1.82, 2.24) is 9.88 Å². The smallest absolute Gasteiger partial charge is 0.340 e. The number of piperidine rings is 1. The van der Waals surface area contributed by atoms with E-state index >= 15 is 0 Å². The van der Waals surface area contributed by atoms with Gasteiger partial charge >= 0.3 is 5.97 Å². The summed E-state index contributed by atoms with van der Waals surface area (Å²) in [7, 11) is 0. The first-order valence-corrected chi connectivity index (χ1v) is 9.81. The number of carbonyl (C=O) groups is 3. The van der Waals surface area contributed by atoms with Crippen molar-refractivity contribution in [1.29, 1.82) is 0 Å². The molecule has 0 saturated carbocycles. The predicted octanol–water partition coefficient (Wildman–Crippen LogP) is 2.64. The number of aromatic nitrogens is 1. The van der Waals surface area contributed by atoms with E-state index in [2.05, 4.69) is 4.98 Å². The maximum absolute atomic E-state index is 13.1. The van der Waals surface area contributed by atoms with Crippen molar-refractivity contribution >= 4 is 17.7 Å². The van der Waals surface area contributed by atoms with Gasteiger partial charge in [0.1, 0.15) is 5.69 Å². The minimum Gasteiger partial charge on any atom is -0.462 e. The van der Waals surface area contributed by atoms with Gasteiger partial charge in [0, 0.05) is 24.3 Å². The maximum atomic E-state index is 13.1. The molecule has 1 aliphatic heterocycles. The van der Waals surface area contributed by atoms with E-state index in [0.717, 1.165) is 5.56 Å². The van der Waals surface area contributed by atoms with Gasteiger partial charge in [0.15, 0.2) is 0 Å². The first-order valence-electron chi connectivity index (χ1n) is 9.81. The summed E-state index contributed by atoms with van der Waals surface area (Å²) in [5.74, 6) is -1.87. The fourth-order valence-corrected chi connectivity index (χ4v) is 3.58. The molecule has 2 N–H and O–H groups in total. The molecule has 0 unspecified atom stereocenters. The zero-order chi connectivity index (χ0) is 21.1. The van der Waals surface area contributed by atoms with Gasteiger partial charge in [-0.05, 0) is 39.2 Å². The van der Waals surface area contributed by atoms with Gasteiger partial charge in [0.25, 0.3) is 11.7 Å². The summed E-state index contributed by atoms with van der Waals surface area (Å²) in [5, 5.41) is 9.65. The Morgan fingerprint density at radius 1 is 1.14 bits per heavy atom. The van der Waals surface area contributed by atoms with Crippen LogP contribution in [0.5, 0.6) is 0 Å². The highest BCUT2D eigenvalue weighted by Gasteiger charge is 2.33. The fourth-order valence-electron chi connectivity index (χ4n) is 3.58. The van der Waals surface area contributed by atoms with E-state index in [9.17, 15) is 19.5 Å². The number of esters is 1. The van der Waals surface area contributed by atoms with Crippen LogP contribution in [-0.2, 0) is 9.53 Å². The second kappa shape index (κ2) is 8.61. The number of ether oxygens (including phenoxy) is 1. The molecule has 1 aromatic carbocycles. The molecule has 1 saturated heterocycles. The zero-order valence-corrected chi connectivity index (χ0v) is 16.9. The van der Waals surface area contributed by atoms with Gasteiger partial charge in [0.05, 0.1) is 18.3 Å². The highest BCUT2D eigenvalue weighted by molar-refractivity contribution is 6.43. The lowest BCUT2D eigenvalue weighted by atomic mass is 9.97. The third-order valence-corrected chi connectivity index (χ3v) is 5.18. The number of hydrogen-bond acceptors (Lipinski definition) is 5. The van der Waals surface area contributed by atoms with Gasteiger partial charge in [-0.15, -0.1) is 0 Å². The van der Waals surface area contributed by atoms with E-state index in [1.165, 1.54) is 4.90 Å². The quantitative estimate of drug-likeness (QED) is 0.458. The molecule has 0 spiro atoms. The Kier molecular flexibility index (Phi) is 6.17. The number of benzene rings is 1. The summed E-state index contributed by atoms with van der Waals surface area (Å²) in [5.41, 5.74) is 2.91. The molecule has 1 aromatic heterocycles. The number of nitrogens with one attached hydrogen (secondary N) is 1. The Labute approximate surface area is 169 Å². The summed E-state index contributed by atoms with van der Waals surface area (Å²) in [6.07, 6.45) is 0.448. The van der Waals surface area contributed by atoms with Crippen molar-refractivity contribution in [3.63, 3.8) is 0 Å². The lowest BCUT2D eigenvalue weighted by molar-refractivity contribution is -0.128. The number of likely N-dealkylation sites (tertiary alicyclic amines) is 1. The number of aliphatic hydroxyl groups is 1. The molecule has 154 valence electrons. The molecule has 0 atom stereocenters. The molecule has 0 radical (unpaired) electrons. The second-order valence-corrected chi connectivity index (χ2v) is 7.31. The highest BCUT2D eigenvalue weighted by atomic mass is 16.5. The van der Waals surface area contributed by atoms with Crippen molar-refractivity contribution in [2.24, 2.45) is 0 Å². The minimum absolute atomic E-state index is 0.0885. The number of carbonyl (C=O) groups excluding carboxylic acids is 3. The zero-order valence-electron chi connectivity index (χ0n) is 16.9. The lowest BCUT2D eigenvalue weighted by Crippen LogP contribution is -2.43. The fraction of sp³-hybridized carbons (Fsp3) is 0.409. The number of aromatic amines is 1. The predicted molar refractivity (Wildman–Crippen MR) is 108 cm³/mol. The second-order valence-electron chi connectivity index (χ2n) is 7.31. The molecule has 3 rings (SSSR count). The van der Waals surface area contributed by atoms with Crippen molar-refractivity contribution < 1.29 is 24.2 Å². The Bertz CT molecular complexity index is 921. The lowest BCUT2D eigenvalue weighted by Gasteiger charge is -2.28. The number of Topliss-reactive ketones (excluding diaryl/α,β-unsaturated/α-hetero) is 1. The third-order valence-electron chi connectivity index (χ3n) is 5.18. The topological polar surface area (TPSA) is 99.7 Å². The Balaban J connectivity index is 2.04. The molecule has 1 fully saturated rings. The molecule has 0 bridgehead atoms. The number of nitrogens with zero attached hydrogens (tertiary/aromatic N) is 1. The van der Waals surface area contributed by atoms with Crippen LogP contribution in [-0.4, -0.2) is 58.5 Å². The standard InChI is InChI=1S/C22H26N2O5/c1-4-29-22(28)17-14(3)23-19(18(17)15-7-5-13(2)6-8-15)20(26)21(27)24-11-9-16(25)10-12-24/h5-8,16,23,25H,4,9-12H2,1-3H3. The molecule has 2 aromatic rings. The molecular weight excluding hydrogens is 372 g/mol. The molecular formula is C22H26N2O5. The van der Waals surface area contributed by atoms with E-state index in [4.69, 9.17) is 4.74 Å². The molecule has 1 aliphatic rings. The van der Waals surface area contributed by atoms with Crippen LogP contribution in [0.1, 0.15) is 51.9 Å². The first-order chi connectivity index (χ1) is 13.8. The summed E-state index contributed by atoms with van der Waals surface area (Å²) in [4.78, 5) is 42.9. The van der Waals surface area contributed by atoms with Gasteiger partial charge < -0.3 is 19.7 Å². The third kappa shape index (κ3) is 4.24. The van der Waals surface area contributed by atoms with E-state index in [1.54, 1.807) is 13.8 Å². The Morgan fingerprint density at radius 3 is 2.34 bits per heavy atom. The number of amides is 1. The van der Waals surface area contributed by atoms with Crippen LogP contribution in [0.25, 0.3) is 11.1 Å². The van der Waals surface area contributed by atoms with Crippen molar-refractivity contribution in [2.75, 3.05) is 19.7 Å². The summed E-state index contributed by atoms with van der Waals surface area (Å²) >= 11 is 0. The molecule has 29 heavy (non-hydrogen) atoms. The van der Waals surface area contributed by atoms with Crippen molar-refractivity contribution in [2.45, 2.75) is 39.7 Å². The van der Waals surface area contributed by atoms with Crippen LogP contribution in [0.2, 0.25) is 0 Å². The van der Waals surface area contributed by atoms with Crippen LogP contribution in [0, 0.1) is 13.8 Å². The van der Waals surface area contributed by atoms with E-state index in [-0.39, 0.29) is 17.9 Å². The molecule has 2 heterocycles. The molecule has 7 nitrogen and oxygen atoms in total. The van der Waals surface area contributed by atoms with Gasteiger partial charge in [-0.25, -0.2) is 4.79 Å². The Morgan fingerprint density at radius 2 is 1.76 bits per heavy atom. The number of H-pyrrole nitrogens is 1. The minimum atomic E-state index is -0.699. The van der Waals surface area contributed by atoms with E-state index in [0.29, 0.717) is 42.8 Å². The van der Waals surface area contributed by atoms with Gasteiger partial charge in [-0.1, -0.05) is 29.8 Å². The average molecular weight is 398 g/mol. The normalized spacial score (nSPS) is 14.7. The number of aryl methyl sites for hydroxylation is 2. The van der Waals surface area contributed by atoms with Crippen LogP contribution < -0.4 is 0 Å². The number of rotatable bonds is 5. The number of aliphatic hydroxyl groups excluding tert-OH is 1. The summed E-state index contributed by atoms with van der Waals surface area (Å²) in [6, 6.07) is 7.40. The van der Waals surface area contributed by atoms with E-state index in [1.807, 2.05) is 31.2 Å². The number of ketones is 1. The maximum Gasteiger partial charge on any atom is 0.340 e. The van der Waals surface area contributed by atoms with E-state index < -0.39 is 23.8 Å². The average Bonchev–Trinajstić information content (AvgIpc) is 3.05. The van der Waals surface area contributed by atoms with Crippen molar-refractivity contribution in [3.8, 4) is 11.1 Å². The van der Waals surface area contributed by atoms with Gasteiger partial charge in [0.2, 0.25) is 0 Å².